The Hall–Kier alpha value is -0.350. The fraction of sp³-hybridized carbons (Fsp3) is 0.759. The second kappa shape index (κ2) is 24.8. The van der Waals surface area contributed by atoms with Crippen molar-refractivity contribution in [1.29, 1.82) is 0 Å². The summed E-state index contributed by atoms with van der Waals surface area (Å²) in [6, 6.07) is 9.71. The summed E-state index contributed by atoms with van der Waals surface area (Å²) < 4.78 is 5.56. The van der Waals surface area contributed by atoms with Crippen molar-refractivity contribution in [2.45, 2.75) is 142 Å². The average molecular weight is 469 g/mol. The Morgan fingerprint density at radius 3 is 1.48 bits per heavy atom. The van der Waals surface area contributed by atoms with Crippen molar-refractivity contribution < 1.29 is 44.2 Å². The molecule has 0 spiro atoms. The quantitative estimate of drug-likeness (QED) is 0.172. The van der Waals surface area contributed by atoms with Crippen LogP contribution in [0.2, 0.25) is 0 Å². The molecule has 0 aliphatic rings. The van der Waals surface area contributed by atoms with Gasteiger partial charge in [-0.3, -0.25) is 0 Å². The Morgan fingerprint density at radius 1 is 0.697 bits per heavy atom. The second-order valence-corrected chi connectivity index (χ2v) is 9.40. The van der Waals surface area contributed by atoms with E-state index >= 15 is 0 Å². The van der Waals surface area contributed by atoms with Crippen molar-refractivity contribution in [2.24, 2.45) is 0 Å². The molecule has 33 heavy (non-hydrogen) atoms. The molecule has 0 saturated carbocycles. The van der Waals surface area contributed by atoms with Gasteiger partial charge in [0.05, 0.1) is 18.7 Å². The molecule has 1 unspecified atom stereocenters. The normalized spacial score (nSPS) is 11.8. The van der Waals surface area contributed by atoms with E-state index in [1.54, 1.807) is 0 Å². The number of rotatable bonds is 23. The summed E-state index contributed by atoms with van der Waals surface area (Å²) in [6.45, 7) is 2.61. The number of hydrogen-bond donors (Lipinski definition) is 0. The van der Waals surface area contributed by atoms with E-state index in [0.29, 0.717) is 13.0 Å². The Labute approximate surface area is 226 Å². The Kier molecular flexibility index (Phi) is 24.5. The van der Waals surface area contributed by atoms with Crippen LogP contribution in [0.4, 0.5) is 0 Å². The van der Waals surface area contributed by atoms with Gasteiger partial charge in [0.15, 0.2) is 0 Å². The van der Waals surface area contributed by atoms with Crippen LogP contribution in [0.25, 0.3) is 0 Å². The van der Waals surface area contributed by atoms with Crippen molar-refractivity contribution in [2.75, 3.05) is 0 Å². The van der Waals surface area contributed by atoms with Gasteiger partial charge in [0.2, 0.25) is 0 Å². The molecule has 1 aromatic rings. The number of carbonyl (C=O) groups excluding carboxylic acids is 1. The fourth-order valence-electron chi connectivity index (χ4n) is 4.27. The Morgan fingerprint density at radius 2 is 1.09 bits per heavy atom. The first-order valence-electron chi connectivity index (χ1n) is 13.6. The van der Waals surface area contributed by atoms with Crippen molar-refractivity contribution in [3.05, 3.63) is 35.9 Å². The molecule has 1 rings (SSSR count). The Bertz CT molecular complexity index is 535. The summed E-state index contributed by atoms with van der Waals surface area (Å²) in [5, 5.41) is 11.3. The molecule has 3 nitrogen and oxygen atoms in total. The molecule has 0 fully saturated rings. The number of ether oxygens (including phenoxy) is 1. The molecule has 0 heterocycles. The number of aliphatic carboxylic acids is 1. The van der Waals surface area contributed by atoms with Crippen molar-refractivity contribution >= 4 is 5.97 Å². The largest absolute Gasteiger partial charge is 1.00 e. The first-order chi connectivity index (χ1) is 15.7. The zero-order valence-electron chi connectivity index (χ0n) is 21.8. The van der Waals surface area contributed by atoms with E-state index in [9.17, 15) is 9.90 Å². The first kappa shape index (κ1) is 32.7. The van der Waals surface area contributed by atoms with Crippen LogP contribution in [-0.4, -0.2) is 12.1 Å². The molecule has 4 heteroatoms. The predicted octanol–water partition coefficient (Wildman–Crippen LogP) is 4.76. The van der Waals surface area contributed by atoms with E-state index in [4.69, 9.17) is 4.74 Å². The number of carbonyl (C=O) groups is 1. The third-order valence-corrected chi connectivity index (χ3v) is 6.38. The van der Waals surface area contributed by atoms with Crippen molar-refractivity contribution in [3.63, 3.8) is 0 Å². The minimum Gasteiger partial charge on any atom is -0.547 e. The number of hydrogen-bond acceptors (Lipinski definition) is 3. The molecule has 1 atom stereocenters. The first-order valence-corrected chi connectivity index (χ1v) is 13.6. The van der Waals surface area contributed by atoms with Crippen LogP contribution in [0.15, 0.2) is 30.3 Å². The molecular weight excluding hydrogens is 419 g/mol. The summed E-state index contributed by atoms with van der Waals surface area (Å²) in [6.07, 6.45) is 23.8. The topological polar surface area (TPSA) is 49.4 Å². The van der Waals surface area contributed by atoms with E-state index in [1.807, 2.05) is 30.3 Å². The van der Waals surface area contributed by atoms with Gasteiger partial charge in [-0.15, -0.1) is 0 Å². The van der Waals surface area contributed by atoms with Gasteiger partial charge in [0.25, 0.3) is 0 Å². The third-order valence-electron chi connectivity index (χ3n) is 6.38. The molecule has 0 bridgehead atoms. The molecule has 0 aliphatic heterocycles. The van der Waals surface area contributed by atoms with E-state index < -0.39 is 12.1 Å². The van der Waals surface area contributed by atoms with Gasteiger partial charge in [0, 0.05) is 0 Å². The maximum absolute atomic E-state index is 11.3. The number of carboxylic acid groups (broad SMARTS) is 1. The standard InChI is InChI=1S/C29H50O3.Na/c1-2-3-4-5-6-7-8-9-10-11-12-13-14-15-16-17-18-22-25-28(29(30)31)32-26-27-23-20-19-21-24-27;/h19-21,23-24,28H,2-18,22,25-26H2,1H3,(H,30,31);/q;+1/p-1. The summed E-state index contributed by atoms with van der Waals surface area (Å²) >= 11 is 0. The van der Waals surface area contributed by atoms with Crippen LogP contribution >= 0.6 is 0 Å². The smallest absolute Gasteiger partial charge is 0.547 e. The molecule has 1 aromatic carbocycles. The molecule has 0 saturated heterocycles. The van der Waals surface area contributed by atoms with Crippen molar-refractivity contribution in [3.8, 4) is 0 Å². The zero-order chi connectivity index (χ0) is 23.1. The molecule has 0 radical (unpaired) electrons. The predicted molar refractivity (Wildman–Crippen MR) is 133 cm³/mol. The van der Waals surface area contributed by atoms with Crippen LogP contribution in [-0.2, 0) is 16.1 Å². The second-order valence-electron chi connectivity index (χ2n) is 9.40. The summed E-state index contributed by atoms with van der Waals surface area (Å²) in [4.78, 5) is 11.3. The van der Waals surface area contributed by atoms with Gasteiger partial charge in [-0.05, 0) is 12.0 Å². The maximum Gasteiger partial charge on any atom is 1.00 e. The Balaban J connectivity index is 0.0000102. The molecule has 0 amide bonds. The minimum absolute atomic E-state index is 0. The van der Waals surface area contributed by atoms with E-state index in [2.05, 4.69) is 6.92 Å². The zero-order valence-corrected chi connectivity index (χ0v) is 23.8. The van der Waals surface area contributed by atoms with Gasteiger partial charge >= 0.3 is 29.6 Å². The number of benzene rings is 1. The van der Waals surface area contributed by atoms with E-state index in [-0.39, 0.29) is 29.6 Å². The molecule has 0 aliphatic carbocycles. The van der Waals surface area contributed by atoms with Crippen LogP contribution in [0.3, 0.4) is 0 Å². The fourth-order valence-corrected chi connectivity index (χ4v) is 4.27. The third kappa shape index (κ3) is 20.7. The van der Waals surface area contributed by atoms with Crippen LogP contribution in [0, 0.1) is 0 Å². The van der Waals surface area contributed by atoms with Crippen LogP contribution < -0.4 is 34.7 Å². The minimum atomic E-state index is -1.09. The van der Waals surface area contributed by atoms with Gasteiger partial charge in [-0.2, -0.15) is 0 Å². The molecule has 184 valence electrons. The van der Waals surface area contributed by atoms with Crippen molar-refractivity contribution in [1.82, 2.24) is 0 Å². The maximum atomic E-state index is 11.3. The molecule has 0 aromatic heterocycles. The van der Waals surface area contributed by atoms with Gasteiger partial charge in [0.1, 0.15) is 0 Å². The van der Waals surface area contributed by atoms with Crippen LogP contribution in [0.5, 0.6) is 0 Å². The summed E-state index contributed by atoms with van der Waals surface area (Å²) in [5.41, 5.74) is 0.997. The summed E-state index contributed by atoms with van der Waals surface area (Å²) in [5.74, 6) is -1.09. The van der Waals surface area contributed by atoms with E-state index in [1.165, 1.54) is 103 Å². The monoisotopic (exact) mass is 468 g/mol. The molecule has 0 N–H and O–H groups in total. The average Bonchev–Trinajstić information content (AvgIpc) is 2.80. The van der Waals surface area contributed by atoms with Gasteiger partial charge in [-0.1, -0.05) is 153 Å². The molecular formula is C29H49NaO3. The van der Waals surface area contributed by atoms with Gasteiger partial charge in [-0.25, -0.2) is 0 Å². The number of unbranched alkanes of at least 4 members (excludes halogenated alkanes) is 17. The number of carboxylic acids is 1. The van der Waals surface area contributed by atoms with Gasteiger partial charge < -0.3 is 14.6 Å². The van der Waals surface area contributed by atoms with E-state index in [0.717, 1.165) is 18.4 Å². The van der Waals surface area contributed by atoms with Crippen LogP contribution in [0.1, 0.15) is 134 Å². The SMILES string of the molecule is CCCCCCCCCCCCCCCCCCCCC(OCc1ccccc1)C(=O)[O-].[Na+]. The summed E-state index contributed by atoms with van der Waals surface area (Å²) in [7, 11) is 0.